The maximum Gasteiger partial charge on any atom is 0.435 e. The fraction of sp³-hybridized carbons (Fsp3) is 0.346. The topological polar surface area (TPSA) is 89.0 Å². The van der Waals surface area contributed by atoms with Gasteiger partial charge in [-0.25, -0.2) is 27.2 Å². The number of carbonyl (C=O) groups excluding carboxylic acids is 1. The van der Waals surface area contributed by atoms with Crippen molar-refractivity contribution < 1.29 is 48.3 Å². The van der Waals surface area contributed by atoms with Crippen LogP contribution in [-0.4, -0.2) is 42.7 Å². The van der Waals surface area contributed by atoms with Crippen molar-refractivity contribution in [3.8, 4) is 0 Å². The fourth-order valence-electron chi connectivity index (χ4n) is 4.96. The number of hydrogen-bond acceptors (Lipinski definition) is 5. The molecular weight excluding hydrogens is 586 g/mol. The van der Waals surface area contributed by atoms with Crippen LogP contribution >= 0.6 is 0 Å². The molecule has 1 amide bonds. The van der Waals surface area contributed by atoms with Crippen LogP contribution in [0.15, 0.2) is 72.1 Å². The molecule has 220 valence electrons. The van der Waals surface area contributed by atoms with E-state index >= 15 is 0 Å². The molecule has 0 unspecified atom stereocenters. The number of carbonyl (C=O) groups is 1. The molecule has 1 fully saturated rings. The number of rotatable bonds is 6. The smallest absolute Gasteiger partial charge is 0.349 e. The first-order valence-electron chi connectivity index (χ1n) is 12.0. The molecule has 0 atom stereocenters. The van der Waals surface area contributed by atoms with Crippen LogP contribution < -0.4 is 5.32 Å². The Balaban J connectivity index is 1.72. The third-order valence-corrected chi connectivity index (χ3v) is 9.75. The van der Waals surface area contributed by atoms with Crippen LogP contribution in [0.5, 0.6) is 0 Å². The van der Waals surface area contributed by atoms with Gasteiger partial charge in [-0.1, -0.05) is 24.3 Å². The van der Waals surface area contributed by atoms with Crippen LogP contribution in [0.1, 0.15) is 47.2 Å². The highest BCUT2D eigenvalue weighted by atomic mass is 32.2. The van der Waals surface area contributed by atoms with Gasteiger partial charge in [0.25, 0.3) is 5.91 Å². The molecule has 0 radical (unpaired) electrons. The van der Waals surface area contributed by atoms with Crippen LogP contribution in [0.2, 0.25) is 0 Å². The molecule has 1 aromatic heterocycles. The minimum atomic E-state index is -6.34. The summed E-state index contributed by atoms with van der Waals surface area (Å²) in [5, 5.41) is 2.72. The monoisotopic (exact) mass is 607 g/mol. The summed E-state index contributed by atoms with van der Waals surface area (Å²) in [7, 11) is -4.44. The Labute approximate surface area is 228 Å². The molecule has 15 heteroatoms. The lowest BCUT2D eigenvalue weighted by Gasteiger charge is -2.40. The van der Waals surface area contributed by atoms with Gasteiger partial charge >= 0.3 is 18.0 Å². The van der Waals surface area contributed by atoms with Crippen LogP contribution in [0.25, 0.3) is 0 Å². The molecule has 1 heterocycles. The lowest BCUT2D eigenvalue weighted by molar-refractivity contribution is -0.348. The average molecular weight is 608 g/mol. The molecule has 1 aliphatic carbocycles. The van der Waals surface area contributed by atoms with E-state index in [1.165, 1.54) is 18.7 Å². The van der Waals surface area contributed by atoms with E-state index in [9.17, 15) is 48.3 Å². The quantitative estimate of drug-likeness (QED) is 0.277. The molecule has 0 bridgehead atoms. The SMILES string of the molecule is O=C(NC1CCC(c2ccc(C(F)(C(F)(F)F)C(F)(F)F)cc2)(S(=O)(=O)c2ccc(F)cc2)CC1)c1cncnc1. The molecule has 6 nitrogen and oxygen atoms in total. The Kier molecular flexibility index (Phi) is 7.88. The molecule has 0 aliphatic heterocycles. The van der Waals surface area contributed by atoms with Crippen molar-refractivity contribution in [3.05, 3.63) is 89.8 Å². The third kappa shape index (κ3) is 5.38. The summed E-state index contributed by atoms with van der Waals surface area (Å²) in [5.41, 5.74) is -7.49. The molecule has 3 aromatic rings. The zero-order valence-electron chi connectivity index (χ0n) is 20.8. The van der Waals surface area contributed by atoms with E-state index in [1.807, 2.05) is 0 Å². The first kappa shape index (κ1) is 30.3. The van der Waals surface area contributed by atoms with Crippen molar-refractivity contribution in [2.45, 2.75) is 59.4 Å². The van der Waals surface area contributed by atoms with Gasteiger partial charge in [0.15, 0.2) is 9.84 Å². The standard InChI is InChI=1S/C26H21F8N3O3S/c27-19-5-7-21(8-6-19)41(39,40)23(11-9-20(10-12-23)37-22(38)16-13-35-15-36-14-16)17-1-3-18(4-2-17)24(28,25(29,30)31)26(32,33)34/h1-8,13-15,20H,9-12H2,(H,37,38). The number of nitrogens with one attached hydrogen (secondary N) is 1. The van der Waals surface area contributed by atoms with Gasteiger partial charge in [-0.2, -0.15) is 26.3 Å². The Bertz CT molecular complexity index is 1470. The summed E-state index contributed by atoms with van der Waals surface area (Å²) in [6.07, 6.45) is -9.29. The average Bonchev–Trinajstić information content (AvgIpc) is 2.92. The summed E-state index contributed by atoms with van der Waals surface area (Å²) < 4.78 is 134. The Hall–Kier alpha value is -3.62. The molecule has 4 rings (SSSR count). The van der Waals surface area contributed by atoms with Crippen molar-refractivity contribution in [1.82, 2.24) is 15.3 Å². The van der Waals surface area contributed by atoms with E-state index in [0.717, 1.165) is 36.4 Å². The van der Waals surface area contributed by atoms with Crippen molar-refractivity contribution in [2.75, 3.05) is 0 Å². The van der Waals surface area contributed by atoms with Gasteiger partial charge in [0, 0.05) is 24.0 Å². The summed E-state index contributed by atoms with van der Waals surface area (Å²) in [6.45, 7) is 0. The molecule has 0 spiro atoms. The van der Waals surface area contributed by atoms with Gasteiger partial charge in [0.2, 0.25) is 0 Å². The summed E-state index contributed by atoms with van der Waals surface area (Å²) in [6, 6.07) is 5.19. The van der Waals surface area contributed by atoms with E-state index < -0.39 is 55.9 Å². The maximum atomic E-state index is 14.6. The molecule has 1 saturated carbocycles. The zero-order chi connectivity index (χ0) is 30.3. The van der Waals surface area contributed by atoms with E-state index in [0.29, 0.717) is 0 Å². The normalized spacial score (nSPS) is 20.4. The Morgan fingerprint density at radius 1 is 0.829 bits per heavy atom. The van der Waals surface area contributed by atoms with E-state index in [2.05, 4.69) is 15.3 Å². The van der Waals surface area contributed by atoms with E-state index in [1.54, 1.807) is 0 Å². The van der Waals surface area contributed by atoms with E-state index in [-0.39, 0.29) is 53.8 Å². The van der Waals surface area contributed by atoms with Gasteiger partial charge < -0.3 is 5.32 Å². The maximum absolute atomic E-state index is 14.6. The number of amides is 1. The first-order chi connectivity index (χ1) is 19.0. The second-order valence-electron chi connectivity index (χ2n) is 9.56. The predicted octanol–water partition coefficient (Wildman–Crippen LogP) is 5.95. The van der Waals surface area contributed by atoms with Gasteiger partial charge in [0.1, 0.15) is 16.9 Å². The number of sulfone groups is 1. The highest BCUT2D eigenvalue weighted by molar-refractivity contribution is 7.92. The number of hydrogen-bond donors (Lipinski definition) is 1. The minimum Gasteiger partial charge on any atom is -0.349 e. The molecule has 41 heavy (non-hydrogen) atoms. The fourth-order valence-corrected chi connectivity index (χ4v) is 7.12. The van der Waals surface area contributed by atoms with Crippen LogP contribution in [-0.2, 0) is 20.3 Å². The summed E-state index contributed by atoms with van der Waals surface area (Å²) in [5.74, 6) is -1.27. The minimum absolute atomic E-state index is 0.0414. The van der Waals surface area contributed by atoms with Crippen LogP contribution in [0.4, 0.5) is 35.1 Å². The van der Waals surface area contributed by atoms with Gasteiger partial charge in [0.05, 0.1) is 10.5 Å². The summed E-state index contributed by atoms with van der Waals surface area (Å²) >= 11 is 0. The number of benzene rings is 2. The van der Waals surface area contributed by atoms with Crippen molar-refractivity contribution in [3.63, 3.8) is 0 Å². The molecule has 2 aromatic carbocycles. The van der Waals surface area contributed by atoms with Crippen molar-refractivity contribution in [1.29, 1.82) is 0 Å². The summed E-state index contributed by atoms with van der Waals surface area (Å²) in [4.78, 5) is 19.7. The predicted molar refractivity (Wildman–Crippen MR) is 128 cm³/mol. The lowest BCUT2D eigenvalue weighted by atomic mass is 9.80. The highest BCUT2D eigenvalue weighted by Gasteiger charge is 2.73. The van der Waals surface area contributed by atoms with Gasteiger partial charge in [-0.05, 0) is 55.5 Å². The van der Waals surface area contributed by atoms with Gasteiger partial charge in [-0.3, -0.25) is 4.79 Å². The Morgan fingerprint density at radius 2 is 1.34 bits per heavy atom. The highest BCUT2D eigenvalue weighted by Crippen LogP contribution is 2.54. The second kappa shape index (κ2) is 10.7. The second-order valence-corrected chi connectivity index (χ2v) is 11.8. The van der Waals surface area contributed by atoms with Crippen LogP contribution in [0.3, 0.4) is 0 Å². The molecule has 1 N–H and O–H groups in total. The molecular formula is C26H21F8N3O3S. The number of nitrogens with zero attached hydrogens (tertiary/aromatic N) is 2. The molecule has 0 saturated heterocycles. The number of alkyl halides is 7. The molecule has 1 aliphatic rings. The zero-order valence-corrected chi connectivity index (χ0v) is 21.6. The Morgan fingerprint density at radius 3 is 1.83 bits per heavy atom. The van der Waals surface area contributed by atoms with Crippen molar-refractivity contribution >= 4 is 15.7 Å². The number of aromatic nitrogens is 2. The van der Waals surface area contributed by atoms with Gasteiger partial charge in [-0.15, -0.1) is 0 Å². The lowest BCUT2D eigenvalue weighted by Crippen LogP contribution is -2.50. The van der Waals surface area contributed by atoms with Crippen molar-refractivity contribution in [2.24, 2.45) is 0 Å². The third-order valence-electron chi connectivity index (χ3n) is 7.18. The number of halogens is 8. The van der Waals surface area contributed by atoms with E-state index in [4.69, 9.17) is 0 Å². The van der Waals surface area contributed by atoms with Crippen LogP contribution in [0, 0.1) is 5.82 Å². The largest absolute Gasteiger partial charge is 0.435 e. The first-order valence-corrected chi connectivity index (χ1v) is 13.5.